The molecule has 2 aromatic carbocycles. The molecule has 0 saturated carbocycles. The van der Waals surface area contributed by atoms with Crippen molar-refractivity contribution in [2.45, 2.75) is 20.0 Å². The fourth-order valence-electron chi connectivity index (χ4n) is 2.86. The molecule has 0 atom stereocenters. The van der Waals surface area contributed by atoms with Gasteiger partial charge in [0.1, 0.15) is 6.54 Å². The Morgan fingerprint density at radius 3 is 2.52 bits per heavy atom. The number of imide groups is 1. The number of benzene rings is 2. The molecule has 0 aromatic heterocycles. The van der Waals surface area contributed by atoms with Crippen LogP contribution >= 0.6 is 23.4 Å². The summed E-state index contributed by atoms with van der Waals surface area (Å²) in [5, 5.41) is -0.310. The van der Waals surface area contributed by atoms with Gasteiger partial charge in [0.15, 0.2) is 11.5 Å². The first kappa shape index (κ1) is 24.3. The summed E-state index contributed by atoms with van der Waals surface area (Å²) in [6, 6.07) is 11.1. The summed E-state index contributed by atoms with van der Waals surface area (Å²) in [5.74, 6) is -1.52. The minimum absolute atomic E-state index is 0.139. The lowest BCUT2D eigenvalue weighted by molar-refractivity contribution is -0.149. The fraction of sp³-hybridized carbons (Fsp3) is 0.217. The summed E-state index contributed by atoms with van der Waals surface area (Å²) in [6.45, 7) is 2.89. The molecular formula is C23H20ClNO7S. The molecule has 3 rings (SSSR count). The number of halogens is 1. The molecular weight excluding hydrogens is 470 g/mol. The summed E-state index contributed by atoms with van der Waals surface area (Å²) in [5.41, 5.74) is 0.731. The van der Waals surface area contributed by atoms with E-state index in [4.69, 9.17) is 25.8 Å². The van der Waals surface area contributed by atoms with Crippen LogP contribution in [0.2, 0.25) is 5.02 Å². The van der Waals surface area contributed by atoms with E-state index in [-0.39, 0.29) is 33.1 Å². The van der Waals surface area contributed by atoms with Crippen LogP contribution < -0.4 is 9.47 Å². The lowest BCUT2D eigenvalue weighted by atomic mass is 10.1. The molecule has 1 aliphatic heterocycles. The Bertz CT molecular complexity index is 1150. The van der Waals surface area contributed by atoms with Crippen molar-refractivity contribution < 1.29 is 33.4 Å². The third kappa shape index (κ3) is 5.94. The number of thioether (sulfide) groups is 1. The Hall–Kier alpha value is -3.30. The molecule has 172 valence electrons. The van der Waals surface area contributed by atoms with E-state index >= 15 is 0 Å². The summed E-state index contributed by atoms with van der Waals surface area (Å²) in [7, 11) is 1.40. The third-order valence-electron chi connectivity index (χ3n) is 4.31. The quantitative estimate of drug-likeness (QED) is 0.317. The van der Waals surface area contributed by atoms with Crippen LogP contribution in [-0.2, 0) is 14.3 Å². The second kappa shape index (κ2) is 10.5. The van der Waals surface area contributed by atoms with Crippen LogP contribution in [0.1, 0.15) is 29.8 Å². The van der Waals surface area contributed by atoms with Crippen LogP contribution in [0.25, 0.3) is 6.08 Å². The normalized spacial score (nSPS) is 14.7. The van der Waals surface area contributed by atoms with Gasteiger partial charge < -0.3 is 14.2 Å². The predicted octanol–water partition coefficient (Wildman–Crippen LogP) is 4.56. The second-order valence-corrected chi connectivity index (χ2v) is 8.49. The Labute approximate surface area is 199 Å². The van der Waals surface area contributed by atoms with E-state index in [0.717, 1.165) is 4.90 Å². The maximum atomic E-state index is 12.6. The standard InChI is InChI=1S/C23H20ClNO7S/c1-13(2)31-20(26)12-25-21(27)19(33-23(25)29)11-14-8-9-17(18(10-14)30-3)32-22(28)15-6-4-5-7-16(15)24/h4-11,13H,12H2,1-3H3/b19-11-. The Kier molecular flexibility index (Phi) is 7.78. The zero-order valence-corrected chi connectivity index (χ0v) is 19.6. The molecule has 0 N–H and O–H groups in total. The summed E-state index contributed by atoms with van der Waals surface area (Å²) in [6.07, 6.45) is 1.13. The summed E-state index contributed by atoms with van der Waals surface area (Å²) < 4.78 is 15.7. The van der Waals surface area contributed by atoms with Gasteiger partial charge in [-0.3, -0.25) is 19.3 Å². The van der Waals surface area contributed by atoms with Crippen molar-refractivity contribution >= 4 is 52.5 Å². The average molecular weight is 490 g/mol. The highest BCUT2D eigenvalue weighted by molar-refractivity contribution is 8.18. The van der Waals surface area contributed by atoms with E-state index in [1.54, 1.807) is 50.2 Å². The van der Waals surface area contributed by atoms with Gasteiger partial charge >= 0.3 is 11.9 Å². The number of amides is 2. The maximum absolute atomic E-state index is 12.6. The van der Waals surface area contributed by atoms with E-state index in [1.165, 1.54) is 19.3 Å². The van der Waals surface area contributed by atoms with Crippen LogP contribution in [0.4, 0.5) is 4.79 Å². The minimum atomic E-state index is -0.667. The first-order valence-corrected chi connectivity index (χ1v) is 11.0. The van der Waals surface area contributed by atoms with Crippen molar-refractivity contribution in [3.63, 3.8) is 0 Å². The average Bonchev–Trinajstić information content (AvgIpc) is 3.01. The molecule has 1 saturated heterocycles. The lowest BCUT2D eigenvalue weighted by Crippen LogP contribution is -2.35. The van der Waals surface area contributed by atoms with Gasteiger partial charge in [-0.2, -0.15) is 0 Å². The zero-order valence-electron chi connectivity index (χ0n) is 18.0. The number of rotatable bonds is 7. The topological polar surface area (TPSA) is 99.2 Å². The molecule has 2 amide bonds. The van der Waals surface area contributed by atoms with Crippen molar-refractivity contribution in [2.24, 2.45) is 0 Å². The van der Waals surface area contributed by atoms with E-state index in [1.807, 2.05) is 0 Å². The van der Waals surface area contributed by atoms with E-state index in [9.17, 15) is 19.2 Å². The molecule has 10 heteroatoms. The number of ether oxygens (including phenoxy) is 3. The van der Waals surface area contributed by atoms with Gasteiger partial charge in [-0.1, -0.05) is 29.8 Å². The van der Waals surface area contributed by atoms with Gasteiger partial charge in [-0.25, -0.2) is 4.79 Å². The maximum Gasteiger partial charge on any atom is 0.345 e. The van der Waals surface area contributed by atoms with Gasteiger partial charge in [0.2, 0.25) is 0 Å². The van der Waals surface area contributed by atoms with Gasteiger partial charge in [-0.05, 0) is 61.5 Å². The van der Waals surface area contributed by atoms with E-state index < -0.39 is 29.6 Å². The first-order valence-electron chi connectivity index (χ1n) is 9.79. The highest BCUT2D eigenvalue weighted by Gasteiger charge is 2.36. The van der Waals surface area contributed by atoms with Gasteiger partial charge in [-0.15, -0.1) is 0 Å². The molecule has 0 spiro atoms. The van der Waals surface area contributed by atoms with E-state index in [0.29, 0.717) is 17.3 Å². The highest BCUT2D eigenvalue weighted by Crippen LogP contribution is 2.35. The number of esters is 2. The van der Waals surface area contributed by atoms with Crippen LogP contribution in [0, 0.1) is 0 Å². The molecule has 1 heterocycles. The molecule has 8 nitrogen and oxygen atoms in total. The van der Waals surface area contributed by atoms with Crippen LogP contribution in [0.5, 0.6) is 11.5 Å². The predicted molar refractivity (Wildman–Crippen MR) is 123 cm³/mol. The molecule has 0 radical (unpaired) electrons. The molecule has 0 unspecified atom stereocenters. The van der Waals surface area contributed by atoms with E-state index in [2.05, 4.69) is 0 Å². The molecule has 33 heavy (non-hydrogen) atoms. The number of carbonyl (C=O) groups is 4. The van der Waals surface area contributed by atoms with Crippen molar-refractivity contribution in [3.8, 4) is 11.5 Å². The monoisotopic (exact) mass is 489 g/mol. The highest BCUT2D eigenvalue weighted by atomic mass is 35.5. The molecule has 1 fully saturated rings. The smallest absolute Gasteiger partial charge is 0.345 e. The SMILES string of the molecule is COc1cc(/C=C2\SC(=O)N(CC(=O)OC(C)C)C2=O)ccc1OC(=O)c1ccccc1Cl. The number of hydrogen-bond donors (Lipinski definition) is 0. The summed E-state index contributed by atoms with van der Waals surface area (Å²) >= 11 is 6.75. The van der Waals surface area contributed by atoms with Gasteiger partial charge in [0, 0.05) is 0 Å². The molecule has 0 aliphatic carbocycles. The number of nitrogens with zero attached hydrogens (tertiary/aromatic N) is 1. The minimum Gasteiger partial charge on any atom is -0.493 e. The molecule has 0 bridgehead atoms. The Morgan fingerprint density at radius 2 is 1.85 bits per heavy atom. The third-order valence-corrected chi connectivity index (χ3v) is 5.55. The first-order chi connectivity index (χ1) is 15.7. The number of carbonyl (C=O) groups excluding carboxylic acids is 4. The van der Waals surface area contributed by atoms with Crippen LogP contribution in [0.3, 0.4) is 0 Å². The van der Waals surface area contributed by atoms with Crippen molar-refractivity contribution in [3.05, 3.63) is 63.5 Å². The molecule has 2 aromatic rings. The fourth-order valence-corrected chi connectivity index (χ4v) is 3.91. The molecule has 1 aliphatic rings. The lowest BCUT2D eigenvalue weighted by Gasteiger charge is -2.13. The van der Waals surface area contributed by atoms with Crippen molar-refractivity contribution in [1.82, 2.24) is 4.90 Å². The van der Waals surface area contributed by atoms with Crippen molar-refractivity contribution in [2.75, 3.05) is 13.7 Å². The van der Waals surface area contributed by atoms with Gasteiger partial charge in [0.25, 0.3) is 11.1 Å². The van der Waals surface area contributed by atoms with Crippen molar-refractivity contribution in [1.29, 1.82) is 0 Å². The number of methoxy groups -OCH3 is 1. The summed E-state index contributed by atoms with van der Waals surface area (Å²) in [4.78, 5) is 50.0. The largest absolute Gasteiger partial charge is 0.493 e. The van der Waals surface area contributed by atoms with Crippen LogP contribution in [-0.4, -0.2) is 47.7 Å². The van der Waals surface area contributed by atoms with Crippen LogP contribution in [0.15, 0.2) is 47.4 Å². The Morgan fingerprint density at radius 1 is 1.12 bits per heavy atom. The zero-order chi connectivity index (χ0) is 24.1. The van der Waals surface area contributed by atoms with Gasteiger partial charge in [0.05, 0.1) is 28.7 Å². The second-order valence-electron chi connectivity index (χ2n) is 7.09. The Balaban J connectivity index is 1.77. The number of hydrogen-bond acceptors (Lipinski definition) is 8.